The molecule has 2 aromatic carbocycles. The fraction of sp³-hybridized carbons (Fsp3) is 0.250. The van der Waals surface area contributed by atoms with Crippen LogP contribution in [0.3, 0.4) is 0 Å². The number of hydrogen-bond donors (Lipinski definition) is 2. The number of benzene rings is 2. The van der Waals surface area contributed by atoms with Crippen molar-refractivity contribution in [3.05, 3.63) is 58.1 Å². The summed E-state index contributed by atoms with van der Waals surface area (Å²) in [5, 5.41) is 13.4. The Hall–Kier alpha value is -1.52. The van der Waals surface area contributed by atoms with Crippen LogP contribution >= 0.6 is 15.9 Å². The van der Waals surface area contributed by atoms with E-state index in [0.29, 0.717) is 11.0 Å². The van der Waals surface area contributed by atoms with Crippen LogP contribution in [0.5, 0.6) is 11.5 Å². The number of rotatable bonds is 5. The largest absolute Gasteiger partial charge is 0.506 e. The second-order valence-corrected chi connectivity index (χ2v) is 5.48. The molecule has 0 saturated carbocycles. The topological polar surface area (TPSA) is 41.5 Å². The molecule has 0 unspecified atom stereocenters. The Labute approximate surface area is 127 Å². The maximum absolute atomic E-state index is 9.96. The van der Waals surface area contributed by atoms with Crippen LogP contribution in [0, 0.1) is 0 Å². The zero-order valence-electron chi connectivity index (χ0n) is 11.6. The number of aromatic hydroxyl groups is 1. The van der Waals surface area contributed by atoms with Gasteiger partial charge in [-0.1, -0.05) is 24.3 Å². The smallest absolute Gasteiger partial charge is 0.134 e. The van der Waals surface area contributed by atoms with Crippen molar-refractivity contribution in [2.24, 2.45) is 0 Å². The quantitative estimate of drug-likeness (QED) is 0.867. The van der Waals surface area contributed by atoms with Crippen LogP contribution in [-0.2, 0) is 6.54 Å². The van der Waals surface area contributed by atoms with E-state index in [4.69, 9.17) is 4.74 Å². The molecule has 1 atom stereocenters. The van der Waals surface area contributed by atoms with Gasteiger partial charge in [0.05, 0.1) is 11.6 Å². The molecule has 2 rings (SSSR count). The van der Waals surface area contributed by atoms with Gasteiger partial charge in [0.1, 0.15) is 11.5 Å². The van der Waals surface area contributed by atoms with Crippen LogP contribution in [0.2, 0.25) is 0 Å². The van der Waals surface area contributed by atoms with Crippen LogP contribution in [0.25, 0.3) is 0 Å². The summed E-state index contributed by atoms with van der Waals surface area (Å²) in [5.41, 5.74) is 2.02. The van der Waals surface area contributed by atoms with Crippen molar-refractivity contribution in [3.8, 4) is 11.5 Å². The number of nitrogens with one attached hydrogen (secondary N) is 1. The summed E-state index contributed by atoms with van der Waals surface area (Å²) in [4.78, 5) is 0. The lowest BCUT2D eigenvalue weighted by molar-refractivity contribution is 0.413. The first kappa shape index (κ1) is 14.9. The Bertz CT molecular complexity index is 586. The van der Waals surface area contributed by atoms with Crippen molar-refractivity contribution in [2.75, 3.05) is 7.11 Å². The molecule has 2 N–H and O–H groups in total. The van der Waals surface area contributed by atoms with Gasteiger partial charge in [-0.2, -0.15) is 0 Å². The molecule has 106 valence electrons. The molecule has 0 aliphatic carbocycles. The zero-order valence-corrected chi connectivity index (χ0v) is 13.1. The Morgan fingerprint density at radius 1 is 1.25 bits per heavy atom. The van der Waals surface area contributed by atoms with E-state index >= 15 is 0 Å². The molecule has 0 bridgehead atoms. The van der Waals surface area contributed by atoms with Gasteiger partial charge >= 0.3 is 0 Å². The highest BCUT2D eigenvalue weighted by atomic mass is 79.9. The van der Waals surface area contributed by atoms with Crippen LogP contribution in [0.4, 0.5) is 0 Å². The summed E-state index contributed by atoms with van der Waals surface area (Å²) in [6, 6.07) is 13.8. The lowest BCUT2D eigenvalue weighted by Crippen LogP contribution is -2.18. The fourth-order valence-corrected chi connectivity index (χ4v) is 2.40. The molecule has 3 nitrogen and oxygen atoms in total. The Morgan fingerprint density at radius 2 is 2.00 bits per heavy atom. The van der Waals surface area contributed by atoms with Gasteiger partial charge in [-0.05, 0) is 46.6 Å². The van der Waals surface area contributed by atoms with Gasteiger partial charge < -0.3 is 15.2 Å². The monoisotopic (exact) mass is 335 g/mol. The highest BCUT2D eigenvalue weighted by Crippen LogP contribution is 2.28. The number of phenols is 1. The van der Waals surface area contributed by atoms with Crippen molar-refractivity contribution in [1.29, 1.82) is 0 Å². The molecule has 20 heavy (non-hydrogen) atoms. The van der Waals surface area contributed by atoms with E-state index in [9.17, 15) is 5.11 Å². The lowest BCUT2D eigenvalue weighted by Gasteiger charge is -2.16. The maximum atomic E-state index is 9.96. The molecule has 0 aliphatic rings. The molecule has 0 aliphatic heterocycles. The van der Waals surface area contributed by atoms with Gasteiger partial charge in [0, 0.05) is 18.2 Å². The van der Waals surface area contributed by atoms with Gasteiger partial charge in [0.2, 0.25) is 0 Å². The van der Waals surface area contributed by atoms with Crippen LogP contribution in [0.15, 0.2) is 46.9 Å². The molecule has 2 aromatic rings. The molecule has 0 amide bonds. The van der Waals surface area contributed by atoms with Gasteiger partial charge in [-0.25, -0.2) is 0 Å². The van der Waals surface area contributed by atoms with Crippen molar-refractivity contribution in [1.82, 2.24) is 5.32 Å². The van der Waals surface area contributed by atoms with E-state index in [-0.39, 0.29) is 11.8 Å². The standard InChI is InChI=1S/C16H18BrNO2/c1-11(12-5-3-7-14(9-12)20-2)18-10-13-6-4-8-15(17)16(13)19/h3-9,11,18-19H,10H2,1-2H3/t11-/m0/s1. The molecule has 0 spiro atoms. The molecule has 4 heteroatoms. The molecule has 0 saturated heterocycles. The molecular weight excluding hydrogens is 318 g/mol. The van der Waals surface area contributed by atoms with Crippen molar-refractivity contribution in [2.45, 2.75) is 19.5 Å². The average Bonchev–Trinajstić information content (AvgIpc) is 2.48. The molecule has 0 radical (unpaired) electrons. The first-order valence-electron chi connectivity index (χ1n) is 6.45. The maximum Gasteiger partial charge on any atom is 0.134 e. The summed E-state index contributed by atoms with van der Waals surface area (Å²) in [6.45, 7) is 2.69. The molecule has 0 fully saturated rings. The highest BCUT2D eigenvalue weighted by molar-refractivity contribution is 9.10. The van der Waals surface area contributed by atoms with E-state index in [1.807, 2.05) is 36.4 Å². The van der Waals surface area contributed by atoms with Crippen LogP contribution < -0.4 is 10.1 Å². The summed E-state index contributed by atoms with van der Waals surface area (Å²) in [6.07, 6.45) is 0. The first-order chi connectivity index (χ1) is 9.61. The molecule has 0 heterocycles. The van der Waals surface area contributed by atoms with Gasteiger partial charge in [0.25, 0.3) is 0 Å². The minimum absolute atomic E-state index is 0.170. The van der Waals surface area contributed by atoms with Gasteiger partial charge in [0.15, 0.2) is 0 Å². The zero-order chi connectivity index (χ0) is 14.5. The van der Waals surface area contributed by atoms with E-state index in [0.717, 1.165) is 16.9 Å². The summed E-state index contributed by atoms with van der Waals surface area (Å²) >= 11 is 3.32. The SMILES string of the molecule is COc1cccc([C@H](C)NCc2cccc(Br)c2O)c1. The second-order valence-electron chi connectivity index (χ2n) is 4.63. The Morgan fingerprint density at radius 3 is 2.75 bits per heavy atom. The normalized spacial score (nSPS) is 12.2. The van der Waals surface area contributed by atoms with E-state index < -0.39 is 0 Å². The first-order valence-corrected chi connectivity index (χ1v) is 7.25. The number of ether oxygens (including phenoxy) is 1. The van der Waals surface area contributed by atoms with Crippen molar-refractivity contribution in [3.63, 3.8) is 0 Å². The van der Waals surface area contributed by atoms with E-state index in [1.165, 1.54) is 0 Å². The van der Waals surface area contributed by atoms with Gasteiger partial charge in [-0.3, -0.25) is 0 Å². The van der Waals surface area contributed by atoms with E-state index in [2.05, 4.69) is 34.2 Å². The minimum atomic E-state index is 0.170. The number of halogens is 1. The van der Waals surface area contributed by atoms with Crippen molar-refractivity contribution >= 4 is 15.9 Å². The third kappa shape index (κ3) is 3.52. The summed E-state index contributed by atoms with van der Waals surface area (Å²) in [5.74, 6) is 1.14. The Balaban J connectivity index is 2.04. The number of methoxy groups -OCH3 is 1. The van der Waals surface area contributed by atoms with Gasteiger partial charge in [-0.15, -0.1) is 0 Å². The third-order valence-corrected chi connectivity index (χ3v) is 3.90. The lowest BCUT2D eigenvalue weighted by atomic mass is 10.1. The predicted molar refractivity (Wildman–Crippen MR) is 84.1 cm³/mol. The van der Waals surface area contributed by atoms with Crippen LogP contribution in [0.1, 0.15) is 24.1 Å². The summed E-state index contributed by atoms with van der Waals surface area (Å²) < 4.78 is 5.94. The number of phenolic OH excluding ortho intramolecular Hbond substituents is 1. The third-order valence-electron chi connectivity index (χ3n) is 3.26. The summed E-state index contributed by atoms with van der Waals surface area (Å²) in [7, 11) is 1.66. The molecular formula is C16H18BrNO2. The molecule has 0 aromatic heterocycles. The van der Waals surface area contributed by atoms with Crippen molar-refractivity contribution < 1.29 is 9.84 Å². The highest BCUT2D eigenvalue weighted by Gasteiger charge is 2.09. The predicted octanol–water partition coefficient (Wildman–Crippen LogP) is 4.01. The van der Waals surface area contributed by atoms with E-state index in [1.54, 1.807) is 7.11 Å². The second kappa shape index (κ2) is 6.77. The average molecular weight is 336 g/mol. The Kier molecular flexibility index (Phi) is 5.04. The fourth-order valence-electron chi connectivity index (χ4n) is 1.99. The number of hydrogen-bond acceptors (Lipinski definition) is 3. The van der Waals surface area contributed by atoms with Crippen LogP contribution in [-0.4, -0.2) is 12.2 Å². The minimum Gasteiger partial charge on any atom is -0.506 e. The number of para-hydroxylation sites is 1.